The Morgan fingerprint density at radius 2 is 1.77 bits per heavy atom. The molecule has 30 heavy (non-hydrogen) atoms. The highest BCUT2D eigenvalue weighted by molar-refractivity contribution is 6.31. The molecule has 4 aromatic rings. The molecule has 0 atom stereocenters. The number of fused-ring (bicyclic) bond motifs is 1. The molecule has 0 aliphatic rings. The number of rotatable bonds is 7. The molecule has 0 spiro atoms. The van der Waals surface area contributed by atoms with Crippen molar-refractivity contribution in [3.63, 3.8) is 0 Å². The fourth-order valence-electron chi connectivity index (χ4n) is 3.07. The summed E-state index contributed by atoms with van der Waals surface area (Å²) < 4.78 is 1.33. The highest BCUT2D eigenvalue weighted by Gasteiger charge is 2.08. The molecule has 8 heteroatoms. The summed E-state index contributed by atoms with van der Waals surface area (Å²) in [6.07, 6.45) is 1.01. The molecular formula is C22H23ClN6O. The Balaban J connectivity index is 1.46. The van der Waals surface area contributed by atoms with Gasteiger partial charge in [-0.3, -0.25) is 9.89 Å². The van der Waals surface area contributed by atoms with E-state index < -0.39 is 0 Å². The molecule has 0 aliphatic heterocycles. The topological polar surface area (TPSA) is 87.1 Å². The predicted octanol–water partition coefficient (Wildman–Crippen LogP) is 4.17. The van der Waals surface area contributed by atoms with E-state index in [0.717, 1.165) is 23.2 Å². The number of benzene rings is 2. The summed E-state index contributed by atoms with van der Waals surface area (Å²) in [5.41, 5.74) is 4.70. The zero-order chi connectivity index (χ0) is 21.1. The Kier molecular flexibility index (Phi) is 5.72. The van der Waals surface area contributed by atoms with Crippen LogP contribution in [0.3, 0.4) is 0 Å². The second-order valence-corrected chi connectivity index (χ2v) is 7.54. The average Bonchev–Trinajstić information content (AvgIpc) is 3.17. The molecule has 0 saturated heterocycles. The molecule has 0 fully saturated rings. The molecule has 0 amide bonds. The highest BCUT2D eigenvalue weighted by atomic mass is 35.5. The lowest BCUT2D eigenvalue weighted by Gasteiger charge is -2.07. The number of nitrogens with zero attached hydrogens (tertiary/aromatic N) is 3. The molecule has 0 unspecified atom stereocenters. The summed E-state index contributed by atoms with van der Waals surface area (Å²) in [5.74, 6) is 0.819. The number of aromatic nitrogens is 4. The van der Waals surface area contributed by atoms with Gasteiger partial charge in [0.25, 0.3) is 11.3 Å². The van der Waals surface area contributed by atoms with E-state index in [1.54, 1.807) is 0 Å². The van der Waals surface area contributed by atoms with Gasteiger partial charge in [-0.2, -0.15) is 9.50 Å². The molecule has 0 aliphatic carbocycles. The minimum Gasteiger partial charge on any atom is -0.379 e. The maximum Gasteiger partial charge on any atom is 0.274 e. The minimum atomic E-state index is -0.216. The summed E-state index contributed by atoms with van der Waals surface area (Å²) in [7, 11) is 0. The normalized spacial score (nSPS) is 11.0. The standard InChI is InChI=1S/C22H23ClN6O/c1-3-15-5-7-16(8-6-15)12-25-21-27-22-26-18(11-20(30)29(22)28-21)13-24-17-9-4-14(2)19(23)10-17/h4-11,24H,3,12-13H2,1-2H3,(H2,25,26,27,28). The van der Waals surface area contributed by atoms with Gasteiger partial charge in [-0.25, -0.2) is 4.98 Å². The molecule has 0 radical (unpaired) electrons. The molecule has 2 heterocycles. The Morgan fingerprint density at radius 1 is 1.00 bits per heavy atom. The van der Waals surface area contributed by atoms with E-state index in [4.69, 9.17) is 11.6 Å². The van der Waals surface area contributed by atoms with Crippen LogP contribution in [0.2, 0.25) is 5.02 Å². The van der Waals surface area contributed by atoms with Crippen molar-refractivity contribution in [2.45, 2.75) is 33.4 Å². The van der Waals surface area contributed by atoms with Crippen molar-refractivity contribution in [1.29, 1.82) is 0 Å². The third kappa shape index (κ3) is 4.46. The number of halogens is 1. The zero-order valence-electron chi connectivity index (χ0n) is 16.9. The molecule has 0 bridgehead atoms. The van der Waals surface area contributed by atoms with Gasteiger partial charge in [0.2, 0.25) is 5.95 Å². The largest absolute Gasteiger partial charge is 0.379 e. The first-order valence-corrected chi connectivity index (χ1v) is 10.2. The first-order valence-electron chi connectivity index (χ1n) is 9.82. The van der Waals surface area contributed by atoms with Gasteiger partial charge in [-0.1, -0.05) is 48.9 Å². The molecule has 0 saturated carbocycles. The fraction of sp³-hybridized carbons (Fsp3) is 0.227. The van der Waals surface area contributed by atoms with Crippen LogP contribution < -0.4 is 16.2 Å². The zero-order valence-corrected chi connectivity index (χ0v) is 17.6. The number of nitrogens with one attached hydrogen (secondary N) is 3. The molecule has 3 N–H and O–H groups in total. The number of hydrogen-bond acceptors (Lipinski definition) is 5. The molecule has 7 nitrogen and oxygen atoms in total. The van der Waals surface area contributed by atoms with E-state index in [1.165, 1.54) is 16.1 Å². The number of aromatic amines is 1. The van der Waals surface area contributed by atoms with Crippen LogP contribution in [0.4, 0.5) is 11.6 Å². The monoisotopic (exact) mass is 422 g/mol. The van der Waals surface area contributed by atoms with Gasteiger partial charge in [-0.15, -0.1) is 0 Å². The first kappa shape index (κ1) is 20.0. The maximum atomic E-state index is 12.4. The van der Waals surface area contributed by atoms with Gasteiger partial charge >= 0.3 is 0 Å². The van der Waals surface area contributed by atoms with E-state index in [1.807, 2.05) is 25.1 Å². The van der Waals surface area contributed by atoms with Crippen molar-refractivity contribution in [3.05, 3.63) is 86.3 Å². The van der Waals surface area contributed by atoms with Crippen LogP contribution in [-0.2, 0) is 19.5 Å². The smallest absolute Gasteiger partial charge is 0.274 e. The Bertz CT molecular complexity index is 1230. The van der Waals surface area contributed by atoms with Gasteiger partial charge in [-0.05, 0) is 42.2 Å². The SMILES string of the molecule is CCc1ccc(CNc2nc3nc(CNc4ccc(C)c(Cl)c4)cc(=O)n3[nH]2)cc1. The van der Waals surface area contributed by atoms with Crippen LogP contribution in [-0.4, -0.2) is 19.6 Å². The summed E-state index contributed by atoms with van der Waals surface area (Å²) >= 11 is 6.16. The van der Waals surface area contributed by atoms with Crippen molar-refractivity contribution in [2.75, 3.05) is 10.6 Å². The number of anilines is 2. The summed E-state index contributed by atoms with van der Waals surface area (Å²) in [6.45, 7) is 5.07. The van der Waals surface area contributed by atoms with Crippen LogP contribution in [0.15, 0.2) is 53.3 Å². The lowest BCUT2D eigenvalue weighted by atomic mass is 10.1. The van der Waals surface area contributed by atoms with Gasteiger partial charge < -0.3 is 10.6 Å². The van der Waals surface area contributed by atoms with Crippen LogP contribution in [0.1, 0.15) is 29.3 Å². The van der Waals surface area contributed by atoms with E-state index >= 15 is 0 Å². The van der Waals surface area contributed by atoms with E-state index in [2.05, 4.69) is 56.9 Å². The quantitative estimate of drug-likeness (QED) is 0.416. The third-order valence-corrected chi connectivity index (χ3v) is 5.33. The number of aryl methyl sites for hydroxylation is 2. The van der Waals surface area contributed by atoms with E-state index in [0.29, 0.717) is 35.5 Å². The molecule has 2 aromatic carbocycles. The molecule has 154 valence electrons. The number of H-pyrrole nitrogens is 1. The van der Waals surface area contributed by atoms with Crippen molar-refractivity contribution < 1.29 is 0 Å². The second kappa shape index (κ2) is 8.59. The maximum absolute atomic E-state index is 12.4. The highest BCUT2D eigenvalue weighted by Crippen LogP contribution is 2.20. The van der Waals surface area contributed by atoms with Crippen molar-refractivity contribution in [2.24, 2.45) is 0 Å². The van der Waals surface area contributed by atoms with Crippen molar-refractivity contribution in [3.8, 4) is 0 Å². The van der Waals surface area contributed by atoms with Crippen molar-refractivity contribution in [1.82, 2.24) is 19.6 Å². The van der Waals surface area contributed by atoms with Crippen LogP contribution in [0, 0.1) is 6.92 Å². The first-order chi connectivity index (χ1) is 14.5. The van der Waals surface area contributed by atoms with Gasteiger partial charge in [0.1, 0.15) is 0 Å². The molecule has 4 rings (SSSR count). The van der Waals surface area contributed by atoms with E-state index in [9.17, 15) is 4.79 Å². The average molecular weight is 423 g/mol. The third-order valence-electron chi connectivity index (χ3n) is 4.92. The molecular weight excluding hydrogens is 400 g/mol. The fourth-order valence-corrected chi connectivity index (χ4v) is 3.25. The van der Waals surface area contributed by atoms with Gasteiger partial charge in [0.15, 0.2) is 0 Å². The Morgan fingerprint density at radius 3 is 2.50 bits per heavy atom. The Labute approximate surface area is 179 Å². The Hall–Kier alpha value is -3.32. The summed E-state index contributed by atoms with van der Waals surface area (Å²) in [4.78, 5) is 21.3. The van der Waals surface area contributed by atoms with E-state index in [-0.39, 0.29) is 5.56 Å². The lowest BCUT2D eigenvalue weighted by Crippen LogP contribution is -2.17. The van der Waals surface area contributed by atoms with Crippen molar-refractivity contribution >= 4 is 29.0 Å². The van der Waals surface area contributed by atoms with Crippen LogP contribution in [0.5, 0.6) is 0 Å². The minimum absolute atomic E-state index is 0.216. The van der Waals surface area contributed by atoms with Crippen LogP contribution >= 0.6 is 11.6 Å². The summed E-state index contributed by atoms with van der Waals surface area (Å²) in [5, 5.41) is 10.1. The second-order valence-electron chi connectivity index (χ2n) is 7.13. The van der Waals surface area contributed by atoms with Crippen LogP contribution in [0.25, 0.3) is 5.78 Å². The number of hydrogen-bond donors (Lipinski definition) is 3. The lowest BCUT2D eigenvalue weighted by molar-refractivity contribution is 0.874. The summed E-state index contributed by atoms with van der Waals surface area (Å²) in [6, 6.07) is 15.6. The predicted molar refractivity (Wildman–Crippen MR) is 120 cm³/mol. The molecule has 2 aromatic heterocycles. The van der Waals surface area contributed by atoms with Gasteiger partial charge in [0.05, 0.1) is 12.2 Å². The van der Waals surface area contributed by atoms with Gasteiger partial charge in [0, 0.05) is 23.3 Å².